The number of aromatic nitrogens is 1. The number of pyridine rings is 1. The van der Waals surface area contributed by atoms with Crippen molar-refractivity contribution in [1.29, 1.82) is 0 Å². The van der Waals surface area contributed by atoms with Gasteiger partial charge >= 0.3 is 0 Å². The van der Waals surface area contributed by atoms with Gasteiger partial charge in [0.15, 0.2) is 0 Å². The van der Waals surface area contributed by atoms with Crippen LogP contribution in [-0.4, -0.2) is 17.1 Å². The fraction of sp³-hybridized carbons (Fsp3) is 0.706. The summed E-state index contributed by atoms with van der Waals surface area (Å²) in [6.07, 6.45) is 10.4. The molecule has 0 aliphatic heterocycles. The zero-order valence-corrected chi connectivity index (χ0v) is 12.1. The Kier molecular flexibility index (Phi) is 3.08. The van der Waals surface area contributed by atoms with Gasteiger partial charge in [-0.15, -0.1) is 0 Å². The largest absolute Gasteiger partial charge is 0.329 e. The van der Waals surface area contributed by atoms with Gasteiger partial charge < -0.3 is 11.1 Å². The van der Waals surface area contributed by atoms with Gasteiger partial charge in [0.2, 0.25) is 0 Å². The number of nitrogens with zero attached hydrogens (tertiary/aromatic N) is 1. The highest BCUT2D eigenvalue weighted by Crippen LogP contribution is 2.56. The van der Waals surface area contributed by atoms with Crippen LogP contribution in [0.5, 0.6) is 0 Å². The molecule has 4 aliphatic rings. The molecule has 0 spiro atoms. The lowest BCUT2D eigenvalue weighted by Gasteiger charge is -2.58. The lowest BCUT2D eigenvalue weighted by Crippen LogP contribution is -2.59. The second-order valence-electron chi connectivity index (χ2n) is 7.39. The predicted octanol–water partition coefficient (Wildman–Crippen LogP) is 2.64. The Morgan fingerprint density at radius 2 is 1.80 bits per heavy atom. The van der Waals surface area contributed by atoms with Crippen LogP contribution in [0.15, 0.2) is 24.4 Å². The maximum absolute atomic E-state index is 6.03. The van der Waals surface area contributed by atoms with Crippen molar-refractivity contribution in [1.82, 2.24) is 10.3 Å². The van der Waals surface area contributed by atoms with Gasteiger partial charge in [0, 0.05) is 18.3 Å². The molecule has 0 saturated heterocycles. The van der Waals surface area contributed by atoms with Crippen molar-refractivity contribution in [2.45, 2.75) is 50.1 Å². The van der Waals surface area contributed by atoms with Crippen LogP contribution in [-0.2, 0) is 0 Å². The van der Waals surface area contributed by atoms with Crippen LogP contribution >= 0.6 is 0 Å². The summed E-state index contributed by atoms with van der Waals surface area (Å²) in [6, 6.07) is 6.35. The van der Waals surface area contributed by atoms with E-state index in [2.05, 4.69) is 22.4 Å². The maximum atomic E-state index is 6.03. The quantitative estimate of drug-likeness (QED) is 0.885. The third kappa shape index (κ3) is 2.17. The molecule has 0 amide bonds. The van der Waals surface area contributed by atoms with Crippen LogP contribution < -0.4 is 11.1 Å². The van der Waals surface area contributed by atoms with Crippen LogP contribution in [0, 0.1) is 17.8 Å². The molecular weight excluding hydrogens is 246 g/mol. The Labute approximate surface area is 121 Å². The van der Waals surface area contributed by atoms with Crippen molar-refractivity contribution >= 4 is 0 Å². The molecule has 3 heteroatoms. The van der Waals surface area contributed by atoms with Crippen LogP contribution in [0.25, 0.3) is 0 Å². The Balaban J connectivity index is 1.55. The van der Waals surface area contributed by atoms with Crippen molar-refractivity contribution < 1.29 is 0 Å². The molecule has 1 atom stereocenters. The van der Waals surface area contributed by atoms with Crippen molar-refractivity contribution in [3.63, 3.8) is 0 Å². The monoisotopic (exact) mass is 271 g/mol. The summed E-state index contributed by atoms with van der Waals surface area (Å²) in [5, 5.41) is 3.94. The van der Waals surface area contributed by atoms with E-state index in [-0.39, 0.29) is 6.04 Å². The summed E-state index contributed by atoms with van der Waals surface area (Å²) in [7, 11) is 0. The summed E-state index contributed by atoms with van der Waals surface area (Å²) in [6.45, 7) is 0.638. The Bertz CT molecular complexity index is 435. The average Bonchev–Trinajstić information content (AvgIpc) is 2.44. The number of nitrogens with one attached hydrogen (secondary N) is 1. The first-order valence-corrected chi connectivity index (χ1v) is 8.15. The first-order chi connectivity index (χ1) is 9.76. The van der Waals surface area contributed by atoms with Crippen molar-refractivity contribution in [3.05, 3.63) is 30.1 Å². The van der Waals surface area contributed by atoms with E-state index in [1.54, 1.807) is 0 Å². The Morgan fingerprint density at radius 1 is 1.15 bits per heavy atom. The minimum absolute atomic E-state index is 0.215. The normalized spacial score (nSPS) is 40.0. The molecule has 5 rings (SSSR count). The SMILES string of the molecule is NCC(NC12CC3CC(CC(C3)C1)C2)c1ccccn1. The molecule has 20 heavy (non-hydrogen) atoms. The van der Waals surface area contributed by atoms with E-state index in [4.69, 9.17) is 5.73 Å². The summed E-state index contributed by atoms with van der Waals surface area (Å²) >= 11 is 0. The van der Waals surface area contributed by atoms with Gasteiger partial charge in [-0.2, -0.15) is 0 Å². The standard InChI is InChI=1S/C17H25N3/c18-11-16(15-3-1-2-4-19-15)20-17-8-12-5-13(9-17)7-14(6-12)10-17/h1-4,12-14,16,20H,5-11,18H2. The van der Waals surface area contributed by atoms with Crippen LogP contribution in [0.3, 0.4) is 0 Å². The Morgan fingerprint density at radius 3 is 2.30 bits per heavy atom. The first kappa shape index (κ1) is 12.8. The van der Waals surface area contributed by atoms with Crippen LogP contribution in [0.1, 0.15) is 50.3 Å². The lowest BCUT2D eigenvalue weighted by molar-refractivity contribution is -0.0252. The van der Waals surface area contributed by atoms with Gasteiger partial charge in [-0.1, -0.05) is 6.07 Å². The minimum atomic E-state index is 0.215. The summed E-state index contributed by atoms with van der Waals surface area (Å²) in [4.78, 5) is 4.51. The topological polar surface area (TPSA) is 50.9 Å². The molecular formula is C17H25N3. The number of rotatable bonds is 4. The fourth-order valence-electron chi connectivity index (χ4n) is 5.49. The van der Waals surface area contributed by atoms with E-state index in [0.717, 1.165) is 23.4 Å². The zero-order valence-electron chi connectivity index (χ0n) is 12.1. The van der Waals surface area contributed by atoms with Crippen molar-refractivity contribution in [2.75, 3.05) is 6.54 Å². The fourth-order valence-corrected chi connectivity index (χ4v) is 5.49. The molecule has 1 unspecified atom stereocenters. The summed E-state index contributed by atoms with van der Waals surface area (Å²) in [5.41, 5.74) is 7.49. The van der Waals surface area contributed by atoms with Crippen LogP contribution in [0.2, 0.25) is 0 Å². The molecule has 4 bridgehead atoms. The van der Waals surface area contributed by atoms with E-state index >= 15 is 0 Å². The molecule has 1 aromatic rings. The van der Waals surface area contributed by atoms with Gasteiger partial charge in [0.25, 0.3) is 0 Å². The molecule has 108 valence electrons. The third-order valence-corrected chi connectivity index (χ3v) is 5.80. The predicted molar refractivity (Wildman–Crippen MR) is 80.1 cm³/mol. The molecule has 4 fully saturated rings. The molecule has 0 aromatic carbocycles. The van der Waals surface area contributed by atoms with E-state index < -0.39 is 0 Å². The highest BCUT2D eigenvalue weighted by molar-refractivity contribution is 5.13. The molecule has 1 heterocycles. The van der Waals surface area contributed by atoms with E-state index in [1.165, 1.54) is 38.5 Å². The van der Waals surface area contributed by atoms with Crippen molar-refractivity contribution in [3.8, 4) is 0 Å². The smallest absolute Gasteiger partial charge is 0.0623 e. The highest BCUT2D eigenvalue weighted by Gasteiger charge is 2.51. The second kappa shape index (κ2) is 4.81. The molecule has 0 radical (unpaired) electrons. The Hall–Kier alpha value is -0.930. The highest BCUT2D eigenvalue weighted by atomic mass is 15.1. The summed E-state index contributed by atoms with van der Waals surface area (Å²) in [5.74, 6) is 2.91. The van der Waals surface area contributed by atoms with E-state index in [9.17, 15) is 0 Å². The van der Waals surface area contributed by atoms with E-state index in [1.807, 2.05) is 12.3 Å². The van der Waals surface area contributed by atoms with Gasteiger partial charge in [0.05, 0.1) is 11.7 Å². The number of nitrogens with two attached hydrogens (primary N) is 1. The summed E-state index contributed by atoms with van der Waals surface area (Å²) < 4.78 is 0. The first-order valence-electron chi connectivity index (χ1n) is 8.15. The number of hydrogen-bond acceptors (Lipinski definition) is 3. The van der Waals surface area contributed by atoms with Gasteiger partial charge in [-0.25, -0.2) is 0 Å². The minimum Gasteiger partial charge on any atom is -0.329 e. The average molecular weight is 271 g/mol. The van der Waals surface area contributed by atoms with Crippen LogP contribution in [0.4, 0.5) is 0 Å². The van der Waals surface area contributed by atoms with Gasteiger partial charge in [-0.05, 0) is 68.4 Å². The zero-order chi connectivity index (χ0) is 13.6. The molecule has 4 saturated carbocycles. The molecule has 3 N–H and O–H groups in total. The third-order valence-electron chi connectivity index (χ3n) is 5.80. The van der Waals surface area contributed by atoms with Crippen molar-refractivity contribution in [2.24, 2.45) is 23.5 Å². The molecule has 3 nitrogen and oxygen atoms in total. The lowest BCUT2D eigenvalue weighted by atomic mass is 9.53. The molecule has 4 aliphatic carbocycles. The second-order valence-corrected chi connectivity index (χ2v) is 7.39. The van der Waals surface area contributed by atoms with E-state index in [0.29, 0.717) is 12.1 Å². The molecule has 1 aromatic heterocycles. The maximum Gasteiger partial charge on any atom is 0.0623 e. The van der Waals surface area contributed by atoms with Gasteiger partial charge in [-0.3, -0.25) is 4.98 Å². The number of hydrogen-bond donors (Lipinski definition) is 2. The van der Waals surface area contributed by atoms with Gasteiger partial charge in [0.1, 0.15) is 0 Å².